The van der Waals surface area contributed by atoms with Crippen LogP contribution in [0.1, 0.15) is 23.6 Å². The Labute approximate surface area is 242 Å². The maximum Gasteiger partial charge on any atom is 0.443 e. The first kappa shape index (κ1) is 28.3. The van der Waals surface area contributed by atoms with Gasteiger partial charge in [0.1, 0.15) is 34.4 Å². The summed E-state index contributed by atoms with van der Waals surface area (Å²) in [5, 5.41) is 3.49. The van der Waals surface area contributed by atoms with Crippen molar-refractivity contribution >= 4 is 39.0 Å². The predicted molar refractivity (Wildman–Crippen MR) is 148 cm³/mol. The number of thiazole rings is 1. The van der Waals surface area contributed by atoms with E-state index in [1.165, 1.54) is 0 Å². The van der Waals surface area contributed by atoms with E-state index in [9.17, 15) is 18.0 Å². The molecule has 0 spiro atoms. The fourth-order valence-electron chi connectivity index (χ4n) is 5.44. The van der Waals surface area contributed by atoms with Crippen molar-refractivity contribution in [3.05, 3.63) is 34.6 Å². The number of rotatable bonds is 5. The number of hydrogen-bond donors (Lipinski definition) is 1. The molecule has 16 heteroatoms. The van der Waals surface area contributed by atoms with E-state index in [2.05, 4.69) is 25.0 Å². The average Bonchev–Trinajstić information content (AvgIpc) is 3.66. The van der Waals surface area contributed by atoms with Gasteiger partial charge in [0.05, 0.1) is 24.4 Å². The number of carbonyl (C=O) groups is 1. The van der Waals surface area contributed by atoms with Gasteiger partial charge in [-0.25, -0.2) is 24.0 Å². The van der Waals surface area contributed by atoms with E-state index in [0.29, 0.717) is 67.0 Å². The lowest BCUT2D eigenvalue weighted by molar-refractivity contribution is -0.137. The topological polar surface area (TPSA) is 108 Å². The third kappa shape index (κ3) is 5.28. The molecule has 2 aliphatic rings. The first-order valence-corrected chi connectivity index (χ1v) is 14.3. The minimum absolute atomic E-state index is 0.00320. The zero-order chi connectivity index (χ0) is 29.8. The van der Waals surface area contributed by atoms with Crippen LogP contribution in [0.15, 0.2) is 12.1 Å². The van der Waals surface area contributed by atoms with Crippen LogP contribution < -0.4 is 9.80 Å². The van der Waals surface area contributed by atoms with E-state index >= 15 is 4.39 Å². The number of halogens is 4. The molecule has 224 valence electrons. The Balaban J connectivity index is 1.28. The number of hydrogen-bond acceptors (Lipinski definition) is 9. The number of alkyl halides is 3. The average molecular weight is 608 g/mol. The molecular formula is C26H29F4N9O2S. The van der Waals surface area contributed by atoms with Crippen molar-refractivity contribution in [2.45, 2.75) is 39.5 Å². The summed E-state index contributed by atoms with van der Waals surface area (Å²) in [6.07, 6.45) is -4.67. The van der Waals surface area contributed by atoms with E-state index in [1.807, 2.05) is 11.8 Å². The van der Waals surface area contributed by atoms with Crippen molar-refractivity contribution < 1.29 is 27.1 Å². The fourth-order valence-corrected chi connectivity index (χ4v) is 6.41. The van der Waals surface area contributed by atoms with Gasteiger partial charge in [-0.3, -0.25) is 4.79 Å². The second-order valence-electron chi connectivity index (χ2n) is 10.4. The van der Waals surface area contributed by atoms with Gasteiger partial charge in [0.2, 0.25) is 10.9 Å². The highest BCUT2D eigenvalue weighted by molar-refractivity contribution is 7.16. The van der Waals surface area contributed by atoms with Crippen LogP contribution in [-0.2, 0) is 22.3 Å². The van der Waals surface area contributed by atoms with Crippen LogP contribution in [0, 0.1) is 19.7 Å². The third-order valence-corrected chi connectivity index (χ3v) is 8.64. The number of morpholine rings is 1. The van der Waals surface area contributed by atoms with Crippen LogP contribution in [0.25, 0.3) is 22.6 Å². The van der Waals surface area contributed by atoms with Gasteiger partial charge in [-0.05, 0) is 32.9 Å². The lowest BCUT2D eigenvalue weighted by atomic mass is 10.2. The van der Waals surface area contributed by atoms with Gasteiger partial charge in [-0.2, -0.15) is 18.3 Å². The molecule has 0 aliphatic carbocycles. The van der Waals surface area contributed by atoms with Gasteiger partial charge in [-0.1, -0.05) is 11.3 Å². The Morgan fingerprint density at radius 1 is 1.10 bits per heavy atom. The third-order valence-electron chi connectivity index (χ3n) is 7.48. The monoisotopic (exact) mass is 607 g/mol. The van der Waals surface area contributed by atoms with E-state index in [4.69, 9.17) is 4.74 Å². The van der Waals surface area contributed by atoms with Gasteiger partial charge >= 0.3 is 6.18 Å². The molecule has 11 nitrogen and oxygen atoms in total. The molecule has 1 amide bonds. The number of carbonyl (C=O) groups excluding carboxylic acids is 1. The first-order chi connectivity index (χ1) is 20.0. The molecule has 0 unspecified atom stereocenters. The van der Waals surface area contributed by atoms with Crippen molar-refractivity contribution in [1.82, 2.24) is 34.6 Å². The number of aryl methyl sites for hydroxylation is 2. The summed E-state index contributed by atoms with van der Waals surface area (Å²) in [7, 11) is 0. The highest BCUT2D eigenvalue weighted by atomic mass is 32.1. The van der Waals surface area contributed by atoms with E-state index in [1.54, 1.807) is 40.5 Å². The summed E-state index contributed by atoms with van der Waals surface area (Å²) in [5.41, 5.74) is 0.749. The number of anilines is 2. The van der Waals surface area contributed by atoms with Gasteiger partial charge in [0, 0.05) is 38.8 Å². The molecule has 6 rings (SSSR count). The van der Waals surface area contributed by atoms with E-state index in [0.717, 1.165) is 0 Å². The molecule has 2 aliphatic heterocycles. The highest BCUT2D eigenvalue weighted by Gasteiger charge is 2.39. The number of imidazole rings is 1. The number of ether oxygens (including phenoxy) is 1. The van der Waals surface area contributed by atoms with Crippen LogP contribution in [-0.4, -0.2) is 92.5 Å². The molecule has 3 aromatic heterocycles. The number of fused-ring (bicyclic) bond motifs is 1. The van der Waals surface area contributed by atoms with Crippen molar-refractivity contribution in [3.8, 4) is 11.5 Å². The van der Waals surface area contributed by atoms with Crippen molar-refractivity contribution in [3.63, 3.8) is 0 Å². The standard InChI is InChI=1S/C26H29F4N9O2S/c1-14-12-37(6-7-38(14)19(40)13-39-16(3)31-15(2)35-39)24-22(34-25(42-24)26(28,29)30)23-32-17-4-5-18(20(27)21(17)33-23)36-8-10-41-11-9-36/h4-5,14H,6-13H2,1-3H3,(H,32,33)/t14-/m1/s1. The SMILES string of the molecule is Cc1nc(C)n(CC(=O)N2CCN(c3sc(C(F)(F)F)nc3-c3nc4c(F)c(N5CCOCC5)ccc4[nH]3)C[C@H]2C)n1. The van der Waals surface area contributed by atoms with Gasteiger partial charge in [-0.15, -0.1) is 0 Å². The molecule has 1 aromatic carbocycles. The number of piperazine rings is 1. The molecule has 2 fully saturated rings. The van der Waals surface area contributed by atoms with Crippen molar-refractivity contribution in [2.75, 3.05) is 55.7 Å². The summed E-state index contributed by atoms with van der Waals surface area (Å²) in [4.78, 5) is 33.9. The van der Waals surface area contributed by atoms with Crippen LogP contribution in [0.3, 0.4) is 0 Å². The zero-order valence-electron chi connectivity index (χ0n) is 23.2. The van der Waals surface area contributed by atoms with E-state index < -0.39 is 17.0 Å². The Morgan fingerprint density at radius 2 is 1.86 bits per heavy atom. The molecule has 1 N–H and O–H groups in total. The van der Waals surface area contributed by atoms with E-state index in [-0.39, 0.29) is 53.6 Å². The van der Waals surface area contributed by atoms with Gasteiger partial charge in [0.25, 0.3) is 0 Å². The van der Waals surface area contributed by atoms with Crippen molar-refractivity contribution in [2.24, 2.45) is 0 Å². The largest absolute Gasteiger partial charge is 0.443 e. The Kier molecular flexibility index (Phi) is 7.29. The van der Waals surface area contributed by atoms with Crippen LogP contribution in [0.4, 0.5) is 28.3 Å². The van der Waals surface area contributed by atoms with Crippen LogP contribution >= 0.6 is 11.3 Å². The quantitative estimate of drug-likeness (QED) is 0.343. The number of aromatic nitrogens is 6. The Hall–Kier alpha value is -3.79. The molecule has 0 radical (unpaired) electrons. The molecule has 4 aromatic rings. The second-order valence-corrected chi connectivity index (χ2v) is 11.4. The first-order valence-electron chi connectivity index (χ1n) is 13.5. The summed E-state index contributed by atoms with van der Waals surface area (Å²) in [5.74, 6) is 0.537. The Morgan fingerprint density at radius 3 is 2.52 bits per heavy atom. The number of H-pyrrole nitrogens is 1. The maximum atomic E-state index is 15.6. The lowest BCUT2D eigenvalue weighted by Gasteiger charge is -2.40. The van der Waals surface area contributed by atoms with Gasteiger partial charge in [0.15, 0.2) is 11.6 Å². The minimum Gasteiger partial charge on any atom is -0.378 e. The molecule has 5 heterocycles. The Bertz CT molecular complexity index is 1630. The number of aromatic amines is 1. The molecule has 42 heavy (non-hydrogen) atoms. The smallest absolute Gasteiger partial charge is 0.378 e. The molecular weight excluding hydrogens is 578 g/mol. The molecule has 0 bridgehead atoms. The number of nitrogens with one attached hydrogen (secondary N) is 1. The minimum atomic E-state index is -4.67. The number of amides is 1. The maximum absolute atomic E-state index is 15.6. The van der Waals surface area contributed by atoms with Crippen LogP contribution in [0.5, 0.6) is 0 Å². The normalized spacial score (nSPS) is 18.4. The second kappa shape index (κ2) is 10.8. The fraction of sp³-hybridized carbons (Fsp3) is 0.500. The zero-order valence-corrected chi connectivity index (χ0v) is 24.0. The highest BCUT2D eigenvalue weighted by Crippen LogP contribution is 2.43. The lowest BCUT2D eigenvalue weighted by Crippen LogP contribution is -2.54. The number of benzene rings is 1. The summed E-state index contributed by atoms with van der Waals surface area (Å²) >= 11 is 0.515. The molecule has 1 atom stereocenters. The van der Waals surface area contributed by atoms with Crippen LogP contribution in [0.2, 0.25) is 0 Å². The van der Waals surface area contributed by atoms with Gasteiger partial charge < -0.3 is 24.4 Å². The summed E-state index contributed by atoms with van der Waals surface area (Å²) in [6, 6.07) is 3.00. The summed E-state index contributed by atoms with van der Waals surface area (Å²) < 4.78 is 64.0. The summed E-state index contributed by atoms with van der Waals surface area (Å²) in [6.45, 7) is 8.25. The number of nitrogens with zero attached hydrogens (tertiary/aromatic N) is 8. The molecule has 2 saturated heterocycles. The van der Waals surface area contributed by atoms with Crippen molar-refractivity contribution in [1.29, 1.82) is 0 Å². The molecule has 0 saturated carbocycles. The predicted octanol–water partition coefficient (Wildman–Crippen LogP) is 3.63.